The highest BCUT2D eigenvalue weighted by atomic mass is 15.3. The second kappa shape index (κ2) is 5.10. The molecular formula is C13H15N5. The summed E-state index contributed by atoms with van der Waals surface area (Å²) in [6.07, 6.45) is 1.71. The van der Waals surface area contributed by atoms with E-state index in [0.717, 1.165) is 43.4 Å². The SMILES string of the molecule is c1ccc(-c2cnnc(N3CCNCC3)n2)cc1. The summed E-state index contributed by atoms with van der Waals surface area (Å²) in [5.41, 5.74) is 1.95. The van der Waals surface area contributed by atoms with Crippen molar-refractivity contribution in [1.29, 1.82) is 0 Å². The molecule has 1 N–H and O–H groups in total. The smallest absolute Gasteiger partial charge is 0.245 e. The Balaban J connectivity index is 1.89. The maximum Gasteiger partial charge on any atom is 0.245 e. The van der Waals surface area contributed by atoms with Crippen molar-refractivity contribution in [2.45, 2.75) is 0 Å². The molecule has 5 heteroatoms. The second-order valence-electron chi connectivity index (χ2n) is 4.24. The molecule has 18 heavy (non-hydrogen) atoms. The number of rotatable bonds is 2. The maximum atomic E-state index is 4.59. The largest absolute Gasteiger partial charge is 0.337 e. The van der Waals surface area contributed by atoms with E-state index in [1.807, 2.05) is 30.3 Å². The molecule has 0 saturated carbocycles. The molecule has 0 bridgehead atoms. The molecule has 3 rings (SSSR count). The van der Waals surface area contributed by atoms with Gasteiger partial charge >= 0.3 is 0 Å². The van der Waals surface area contributed by atoms with Crippen LogP contribution in [0.15, 0.2) is 36.5 Å². The molecule has 2 heterocycles. The first-order chi connectivity index (χ1) is 8.93. The predicted octanol–water partition coefficient (Wildman–Crippen LogP) is 0.948. The van der Waals surface area contributed by atoms with Crippen molar-refractivity contribution in [2.75, 3.05) is 31.1 Å². The van der Waals surface area contributed by atoms with Crippen molar-refractivity contribution < 1.29 is 0 Å². The van der Waals surface area contributed by atoms with E-state index in [-0.39, 0.29) is 0 Å². The molecule has 0 amide bonds. The van der Waals surface area contributed by atoms with E-state index in [4.69, 9.17) is 0 Å². The topological polar surface area (TPSA) is 53.9 Å². The Morgan fingerprint density at radius 2 is 1.83 bits per heavy atom. The summed E-state index contributed by atoms with van der Waals surface area (Å²) in [7, 11) is 0. The third kappa shape index (κ3) is 2.31. The zero-order valence-electron chi connectivity index (χ0n) is 10.1. The maximum absolute atomic E-state index is 4.59. The molecule has 2 aromatic rings. The van der Waals surface area contributed by atoms with Crippen molar-refractivity contribution in [3.8, 4) is 11.3 Å². The van der Waals surface area contributed by atoms with E-state index in [1.165, 1.54) is 0 Å². The van der Waals surface area contributed by atoms with Gasteiger partial charge in [-0.3, -0.25) is 0 Å². The van der Waals surface area contributed by atoms with Crippen LogP contribution in [0, 0.1) is 0 Å². The minimum absolute atomic E-state index is 0.720. The highest BCUT2D eigenvalue weighted by molar-refractivity contribution is 5.58. The van der Waals surface area contributed by atoms with Gasteiger partial charge in [-0.2, -0.15) is 5.10 Å². The summed E-state index contributed by atoms with van der Waals surface area (Å²) in [4.78, 5) is 6.75. The Bertz CT molecular complexity index is 508. The molecule has 0 unspecified atom stereocenters. The van der Waals surface area contributed by atoms with Crippen LogP contribution >= 0.6 is 0 Å². The summed E-state index contributed by atoms with van der Waals surface area (Å²) in [6.45, 7) is 3.80. The third-order valence-corrected chi connectivity index (χ3v) is 3.02. The fraction of sp³-hybridized carbons (Fsp3) is 0.308. The number of nitrogens with zero attached hydrogens (tertiary/aromatic N) is 4. The molecular weight excluding hydrogens is 226 g/mol. The lowest BCUT2D eigenvalue weighted by Crippen LogP contribution is -2.44. The standard InChI is InChI=1S/C13H15N5/c1-2-4-11(5-3-1)12-10-15-17-13(16-12)18-8-6-14-7-9-18/h1-5,10,14H,6-9H2. The van der Waals surface area contributed by atoms with E-state index in [9.17, 15) is 0 Å². The van der Waals surface area contributed by atoms with Gasteiger partial charge in [0.05, 0.1) is 11.9 Å². The fourth-order valence-electron chi connectivity index (χ4n) is 2.04. The number of anilines is 1. The minimum atomic E-state index is 0.720. The average Bonchev–Trinajstić information content (AvgIpc) is 2.49. The van der Waals surface area contributed by atoms with Gasteiger partial charge in [-0.1, -0.05) is 30.3 Å². The van der Waals surface area contributed by atoms with E-state index in [1.54, 1.807) is 6.20 Å². The Labute approximate surface area is 106 Å². The fourth-order valence-corrected chi connectivity index (χ4v) is 2.04. The first-order valence-corrected chi connectivity index (χ1v) is 6.14. The predicted molar refractivity (Wildman–Crippen MR) is 70.3 cm³/mol. The van der Waals surface area contributed by atoms with Crippen molar-refractivity contribution in [2.24, 2.45) is 0 Å². The van der Waals surface area contributed by atoms with Gasteiger partial charge in [-0.25, -0.2) is 4.98 Å². The first kappa shape index (κ1) is 11.1. The molecule has 0 atom stereocenters. The van der Waals surface area contributed by atoms with Gasteiger partial charge < -0.3 is 10.2 Å². The summed E-state index contributed by atoms with van der Waals surface area (Å²) in [6, 6.07) is 10.1. The molecule has 0 radical (unpaired) electrons. The van der Waals surface area contributed by atoms with Crippen molar-refractivity contribution in [3.63, 3.8) is 0 Å². The van der Waals surface area contributed by atoms with Gasteiger partial charge in [0.15, 0.2) is 0 Å². The van der Waals surface area contributed by atoms with Crippen LogP contribution < -0.4 is 10.2 Å². The lowest BCUT2D eigenvalue weighted by atomic mass is 10.2. The van der Waals surface area contributed by atoms with Crippen LogP contribution in [-0.2, 0) is 0 Å². The average molecular weight is 241 g/mol. The Kier molecular flexibility index (Phi) is 3.14. The summed E-state index contributed by atoms with van der Waals surface area (Å²) < 4.78 is 0. The lowest BCUT2D eigenvalue weighted by Gasteiger charge is -2.26. The van der Waals surface area contributed by atoms with E-state index >= 15 is 0 Å². The Hall–Kier alpha value is -2.01. The summed E-state index contributed by atoms with van der Waals surface area (Å²) >= 11 is 0. The van der Waals surface area contributed by atoms with Crippen LogP contribution in [0.1, 0.15) is 0 Å². The van der Waals surface area contributed by atoms with Gasteiger partial charge in [-0.05, 0) is 0 Å². The van der Waals surface area contributed by atoms with Crippen LogP contribution in [0.2, 0.25) is 0 Å². The van der Waals surface area contributed by atoms with Crippen molar-refractivity contribution in [3.05, 3.63) is 36.5 Å². The van der Waals surface area contributed by atoms with Crippen LogP contribution in [0.5, 0.6) is 0 Å². The Morgan fingerprint density at radius 1 is 1.06 bits per heavy atom. The van der Waals surface area contributed by atoms with Crippen LogP contribution in [0.25, 0.3) is 11.3 Å². The van der Waals surface area contributed by atoms with Gasteiger partial charge in [0.1, 0.15) is 0 Å². The molecule has 1 aliphatic rings. The van der Waals surface area contributed by atoms with E-state index in [0.29, 0.717) is 0 Å². The molecule has 5 nitrogen and oxygen atoms in total. The number of hydrogen-bond donors (Lipinski definition) is 1. The monoisotopic (exact) mass is 241 g/mol. The Morgan fingerprint density at radius 3 is 2.61 bits per heavy atom. The zero-order chi connectivity index (χ0) is 12.2. The molecule has 1 aromatic heterocycles. The third-order valence-electron chi connectivity index (χ3n) is 3.02. The molecule has 1 fully saturated rings. The van der Waals surface area contributed by atoms with E-state index in [2.05, 4.69) is 25.4 Å². The zero-order valence-corrected chi connectivity index (χ0v) is 10.1. The molecule has 92 valence electrons. The van der Waals surface area contributed by atoms with E-state index < -0.39 is 0 Å². The van der Waals surface area contributed by atoms with Crippen molar-refractivity contribution in [1.82, 2.24) is 20.5 Å². The molecule has 1 saturated heterocycles. The number of nitrogens with one attached hydrogen (secondary N) is 1. The highest BCUT2D eigenvalue weighted by Crippen LogP contribution is 2.17. The summed E-state index contributed by atoms with van der Waals surface area (Å²) in [5, 5.41) is 11.5. The molecule has 1 aliphatic heterocycles. The molecule has 0 spiro atoms. The first-order valence-electron chi connectivity index (χ1n) is 6.14. The number of piperazine rings is 1. The van der Waals surface area contributed by atoms with Crippen LogP contribution in [0.3, 0.4) is 0 Å². The van der Waals surface area contributed by atoms with Gasteiger partial charge in [0.2, 0.25) is 5.95 Å². The molecule has 1 aromatic carbocycles. The number of aromatic nitrogens is 3. The van der Waals surface area contributed by atoms with Gasteiger partial charge in [0.25, 0.3) is 0 Å². The minimum Gasteiger partial charge on any atom is -0.337 e. The van der Waals surface area contributed by atoms with Crippen molar-refractivity contribution >= 4 is 5.95 Å². The highest BCUT2D eigenvalue weighted by Gasteiger charge is 2.14. The number of hydrogen-bond acceptors (Lipinski definition) is 5. The van der Waals surface area contributed by atoms with Gasteiger partial charge in [0, 0.05) is 31.7 Å². The van der Waals surface area contributed by atoms with Crippen LogP contribution in [0.4, 0.5) is 5.95 Å². The second-order valence-corrected chi connectivity index (χ2v) is 4.24. The van der Waals surface area contributed by atoms with Crippen LogP contribution in [-0.4, -0.2) is 41.4 Å². The molecule has 0 aliphatic carbocycles. The number of benzene rings is 1. The lowest BCUT2D eigenvalue weighted by molar-refractivity contribution is 0.577. The normalized spacial score (nSPS) is 15.7. The van der Waals surface area contributed by atoms with Gasteiger partial charge in [-0.15, -0.1) is 5.10 Å². The quantitative estimate of drug-likeness (QED) is 0.848. The summed E-state index contributed by atoms with van der Waals surface area (Å²) in [5.74, 6) is 0.720.